The van der Waals surface area contributed by atoms with Crippen molar-refractivity contribution in [1.82, 2.24) is 5.32 Å². The lowest BCUT2D eigenvalue weighted by atomic mass is 9.99. The Hall–Kier alpha value is -1.14. The van der Waals surface area contributed by atoms with Crippen molar-refractivity contribution in [2.24, 2.45) is 5.92 Å². The average molecular weight is 315 g/mol. The van der Waals surface area contributed by atoms with Crippen molar-refractivity contribution in [2.75, 3.05) is 20.3 Å². The topological polar surface area (TPSA) is 73.9 Å². The summed E-state index contributed by atoms with van der Waals surface area (Å²) < 4.78 is 15.9. The third-order valence-corrected chi connectivity index (χ3v) is 4.14. The molecule has 6 heteroatoms. The smallest absolute Gasteiger partial charge is 0.328 e. The first-order valence-electron chi connectivity index (χ1n) is 8.11. The fourth-order valence-corrected chi connectivity index (χ4v) is 2.33. The predicted molar refractivity (Wildman–Crippen MR) is 82.4 cm³/mol. The molecule has 0 saturated carbocycles. The molecule has 0 bridgehead atoms. The number of ether oxygens (including phenoxy) is 3. The number of carbonyl (C=O) groups is 2. The molecule has 4 unspecified atom stereocenters. The third kappa shape index (κ3) is 5.93. The lowest BCUT2D eigenvalue weighted by Crippen LogP contribution is -2.49. The van der Waals surface area contributed by atoms with E-state index < -0.39 is 18.1 Å². The molecule has 1 aliphatic rings. The molecule has 6 nitrogen and oxygen atoms in total. The van der Waals surface area contributed by atoms with Gasteiger partial charge in [-0.25, -0.2) is 4.79 Å². The maximum atomic E-state index is 12.2. The first-order valence-corrected chi connectivity index (χ1v) is 8.11. The van der Waals surface area contributed by atoms with Crippen molar-refractivity contribution < 1.29 is 23.8 Å². The summed E-state index contributed by atoms with van der Waals surface area (Å²) in [6.07, 6.45) is 3.39. The van der Waals surface area contributed by atoms with Gasteiger partial charge in [-0.3, -0.25) is 4.79 Å². The van der Waals surface area contributed by atoms with Crippen molar-refractivity contribution in [3.05, 3.63) is 0 Å². The molecule has 0 aromatic heterocycles. The minimum absolute atomic E-state index is 0.00489. The first kappa shape index (κ1) is 18.9. The van der Waals surface area contributed by atoms with Crippen LogP contribution in [-0.2, 0) is 23.8 Å². The van der Waals surface area contributed by atoms with Gasteiger partial charge >= 0.3 is 5.97 Å². The van der Waals surface area contributed by atoms with E-state index in [4.69, 9.17) is 14.2 Å². The van der Waals surface area contributed by atoms with E-state index >= 15 is 0 Å². The van der Waals surface area contributed by atoms with E-state index in [1.807, 2.05) is 13.8 Å². The maximum absolute atomic E-state index is 12.2. The Morgan fingerprint density at radius 2 is 2.05 bits per heavy atom. The van der Waals surface area contributed by atoms with E-state index in [9.17, 15) is 9.59 Å². The van der Waals surface area contributed by atoms with Gasteiger partial charge < -0.3 is 19.5 Å². The average Bonchev–Trinajstić information content (AvgIpc) is 2.56. The highest BCUT2D eigenvalue weighted by molar-refractivity contribution is 5.86. The monoisotopic (exact) mass is 315 g/mol. The van der Waals surface area contributed by atoms with Gasteiger partial charge in [0.05, 0.1) is 19.8 Å². The van der Waals surface area contributed by atoms with Gasteiger partial charge in [0.25, 0.3) is 0 Å². The third-order valence-electron chi connectivity index (χ3n) is 4.14. The van der Waals surface area contributed by atoms with E-state index in [2.05, 4.69) is 5.32 Å². The van der Waals surface area contributed by atoms with Crippen LogP contribution in [0.2, 0.25) is 0 Å². The molecule has 0 radical (unpaired) electrons. The van der Waals surface area contributed by atoms with Gasteiger partial charge in [-0.2, -0.15) is 0 Å². The zero-order chi connectivity index (χ0) is 16.5. The lowest BCUT2D eigenvalue weighted by molar-refractivity contribution is -0.149. The molecule has 128 valence electrons. The number of carbonyl (C=O) groups excluding carboxylic acids is 2. The summed E-state index contributed by atoms with van der Waals surface area (Å²) in [4.78, 5) is 24.0. The highest BCUT2D eigenvalue weighted by atomic mass is 16.5. The van der Waals surface area contributed by atoms with Crippen LogP contribution in [0.3, 0.4) is 0 Å². The van der Waals surface area contributed by atoms with Crippen LogP contribution in [0, 0.1) is 5.92 Å². The van der Waals surface area contributed by atoms with Gasteiger partial charge in [0.15, 0.2) is 0 Å². The molecule has 22 heavy (non-hydrogen) atoms. The number of rotatable bonds is 8. The first-order chi connectivity index (χ1) is 10.5. The van der Waals surface area contributed by atoms with Crippen LogP contribution in [0.1, 0.15) is 46.5 Å². The molecule has 0 spiro atoms. The van der Waals surface area contributed by atoms with E-state index in [1.54, 1.807) is 6.92 Å². The second-order valence-corrected chi connectivity index (χ2v) is 5.86. The molecule has 1 aliphatic heterocycles. The molecule has 1 heterocycles. The molecule has 1 fully saturated rings. The largest absolute Gasteiger partial charge is 0.467 e. The molecule has 0 aromatic carbocycles. The van der Waals surface area contributed by atoms with Gasteiger partial charge in [-0.1, -0.05) is 20.3 Å². The highest BCUT2D eigenvalue weighted by Gasteiger charge is 2.29. The number of hydrogen-bond donors (Lipinski definition) is 1. The normalized spacial score (nSPS) is 22.5. The molecule has 1 rings (SSSR count). The summed E-state index contributed by atoms with van der Waals surface area (Å²) in [6.45, 7) is 6.72. The number of methoxy groups -OCH3 is 1. The zero-order valence-corrected chi connectivity index (χ0v) is 14.1. The number of nitrogens with one attached hydrogen (secondary N) is 1. The SMILES string of the molecule is CCC(C)C(NC(=O)C(C)OCC1CCCCO1)C(=O)OC. The fourth-order valence-electron chi connectivity index (χ4n) is 2.33. The van der Waals surface area contributed by atoms with Crippen LogP contribution < -0.4 is 5.32 Å². The fraction of sp³-hybridized carbons (Fsp3) is 0.875. The summed E-state index contributed by atoms with van der Waals surface area (Å²) in [7, 11) is 1.32. The standard InChI is InChI=1S/C16H29NO5/c1-5-11(2)14(16(19)20-4)17-15(18)12(3)22-10-13-8-6-7-9-21-13/h11-14H,5-10H2,1-4H3,(H,17,18). The van der Waals surface area contributed by atoms with Crippen LogP contribution in [-0.4, -0.2) is 50.4 Å². The molecule has 4 atom stereocenters. The zero-order valence-electron chi connectivity index (χ0n) is 14.1. The van der Waals surface area contributed by atoms with Crippen LogP contribution in [0.4, 0.5) is 0 Å². The molecule has 1 saturated heterocycles. The van der Waals surface area contributed by atoms with Crippen LogP contribution in [0.25, 0.3) is 0 Å². The Morgan fingerprint density at radius 3 is 2.59 bits per heavy atom. The lowest BCUT2D eigenvalue weighted by Gasteiger charge is -2.26. The van der Waals surface area contributed by atoms with E-state index in [1.165, 1.54) is 7.11 Å². The summed E-state index contributed by atoms with van der Waals surface area (Å²) in [5.74, 6) is -0.720. The molecule has 1 amide bonds. The van der Waals surface area contributed by atoms with Crippen molar-refractivity contribution >= 4 is 11.9 Å². The second kappa shape index (κ2) is 9.79. The van der Waals surface area contributed by atoms with Crippen molar-refractivity contribution in [2.45, 2.75) is 64.7 Å². The molecular formula is C16H29NO5. The van der Waals surface area contributed by atoms with E-state index in [0.29, 0.717) is 6.61 Å². The molecule has 0 aliphatic carbocycles. The van der Waals surface area contributed by atoms with Crippen molar-refractivity contribution in [3.63, 3.8) is 0 Å². The summed E-state index contributed by atoms with van der Waals surface area (Å²) in [5, 5.41) is 2.73. The molecule has 1 N–H and O–H groups in total. The van der Waals surface area contributed by atoms with Crippen LogP contribution in [0.5, 0.6) is 0 Å². The summed E-state index contributed by atoms with van der Waals surface area (Å²) in [6, 6.07) is -0.639. The van der Waals surface area contributed by atoms with E-state index in [0.717, 1.165) is 32.3 Å². The highest BCUT2D eigenvalue weighted by Crippen LogP contribution is 2.14. The Balaban J connectivity index is 2.44. The van der Waals surface area contributed by atoms with Crippen LogP contribution >= 0.6 is 0 Å². The van der Waals surface area contributed by atoms with E-state index in [-0.39, 0.29) is 17.9 Å². The Kier molecular flexibility index (Phi) is 8.42. The van der Waals surface area contributed by atoms with Crippen molar-refractivity contribution in [1.29, 1.82) is 0 Å². The number of amides is 1. The summed E-state index contributed by atoms with van der Waals surface area (Å²) in [5.41, 5.74) is 0. The molecule has 0 aromatic rings. The van der Waals surface area contributed by atoms with Gasteiger partial charge in [0.1, 0.15) is 12.1 Å². The van der Waals surface area contributed by atoms with Gasteiger partial charge in [0.2, 0.25) is 5.91 Å². The number of hydrogen-bond acceptors (Lipinski definition) is 5. The summed E-state index contributed by atoms with van der Waals surface area (Å²) >= 11 is 0. The van der Waals surface area contributed by atoms with Gasteiger partial charge in [0, 0.05) is 6.61 Å². The Labute approximate surface area is 132 Å². The van der Waals surface area contributed by atoms with Crippen LogP contribution in [0.15, 0.2) is 0 Å². The minimum Gasteiger partial charge on any atom is -0.467 e. The second-order valence-electron chi connectivity index (χ2n) is 5.86. The quantitative estimate of drug-likeness (QED) is 0.690. The van der Waals surface area contributed by atoms with Crippen molar-refractivity contribution in [3.8, 4) is 0 Å². The van der Waals surface area contributed by atoms with Gasteiger partial charge in [-0.05, 0) is 32.1 Å². The predicted octanol–water partition coefficient (Wildman–Crippen LogP) is 1.66. The minimum atomic E-state index is -0.639. The Morgan fingerprint density at radius 1 is 1.32 bits per heavy atom. The maximum Gasteiger partial charge on any atom is 0.328 e. The Bertz CT molecular complexity index is 354. The number of esters is 1. The van der Waals surface area contributed by atoms with Gasteiger partial charge in [-0.15, -0.1) is 0 Å². The molecular weight excluding hydrogens is 286 g/mol.